The Morgan fingerprint density at radius 3 is 2.50 bits per heavy atom. The van der Waals surface area contributed by atoms with E-state index in [2.05, 4.69) is 6.58 Å². The highest BCUT2D eigenvalue weighted by atomic mass is 16.8. The van der Waals surface area contributed by atoms with Gasteiger partial charge in [-0.1, -0.05) is 13.0 Å². The highest BCUT2D eigenvalue weighted by Gasteiger charge is 2.47. The molecule has 4 atom stereocenters. The Morgan fingerprint density at radius 1 is 1.50 bits per heavy atom. The van der Waals surface area contributed by atoms with Crippen LogP contribution in [0.15, 0.2) is 12.7 Å². The molecule has 1 heterocycles. The van der Waals surface area contributed by atoms with Crippen LogP contribution >= 0.6 is 0 Å². The minimum Gasteiger partial charge on any atom is -0.394 e. The average Bonchev–Trinajstić information content (AvgIpc) is 2.52. The molecule has 0 unspecified atom stereocenters. The Hall–Kier alpha value is -0.420. The summed E-state index contributed by atoms with van der Waals surface area (Å²) in [5.74, 6) is -0.923. The minimum absolute atomic E-state index is 0.119. The highest BCUT2D eigenvalue weighted by molar-refractivity contribution is 5.01. The summed E-state index contributed by atoms with van der Waals surface area (Å²) < 4.78 is 11.3. The van der Waals surface area contributed by atoms with Gasteiger partial charge < -0.3 is 19.7 Å². The minimum atomic E-state index is -1.04. The van der Waals surface area contributed by atoms with Crippen LogP contribution in [0.1, 0.15) is 27.7 Å². The van der Waals surface area contributed by atoms with Gasteiger partial charge >= 0.3 is 0 Å². The molecule has 1 aliphatic rings. The van der Waals surface area contributed by atoms with Crippen LogP contribution in [0.25, 0.3) is 0 Å². The smallest absolute Gasteiger partial charge is 0.163 e. The van der Waals surface area contributed by atoms with Crippen LogP contribution in [0.5, 0.6) is 0 Å². The first-order chi connectivity index (χ1) is 7.23. The third-order valence-electron chi connectivity index (χ3n) is 3.23. The summed E-state index contributed by atoms with van der Waals surface area (Å²) in [6.07, 6.45) is 0.741. The summed E-state index contributed by atoms with van der Waals surface area (Å²) in [7, 11) is 0. The second-order valence-electron chi connectivity index (χ2n) is 5.04. The van der Waals surface area contributed by atoms with E-state index in [1.54, 1.807) is 20.8 Å². The second kappa shape index (κ2) is 4.45. The van der Waals surface area contributed by atoms with Crippen LogP contribution in [0.2, 0.25) is 0 Å². The Morgan fingerprint density at radius 2 is 2.06 bits per heavy atom. The van der Waals surface area contributed by atoms with E-state index in [-0.39, 0.29) is 18.6 Å². The Kier molecular flexibility index (Phi) is 3.80. The summed E-state index contributed by atoms with van der Waals surface area (Å²) in [5.41, 5.74) is -1.04. The lowest BCUT2D eigenvalue weighted by Crippen LogP contribution is -2.44. The molecule has 1 aliphatic heterocycles. The molecule has 4 heteroatoms. The van der Waals surface area contributed by atoms with Gasteiger partial charge in [-0.2, -0.15) is 0 Å². The predicted octanol–water partition coefficient (Wildman–Crippen LogP) is 1.07. The van der Waals surface area contributed by atoms with Crippen LogP contribution in [-0.2, 0) is 9.47 Å². The molecule has 4 nitrogen and oxygen atoms in total. The van der Waals surface area contributed by atoms with Gasteiger partial charge in [0.2, 0.25) is 0 Å². The van der Waals surface area contributed by atoms with Crippen molar-refractivity contribution in [3.63, 3.8) is 0 Å². The first kappa shape index (κ1) is 13.6. The third kappa shape index (κ3) is 2.63. The number of ether oxygens (including phenoxy) is 2. The Labute approximate surface area is 96.9 Å². The van der Waals surface area contributed by atoms with Gasteiger partial charge in [0.25, 0.3) is 0 Å². The van der Waals surface area contributed by atoms with E-state index in [1.807, 2.05) is 6.92 Å². The van der Waals surface area contributed by atoms with Crippen molar-refractivity contribution in [3.05, 3.63) is 12.7 Å². The number of aliphatic hydroxyl groups excluding tert-OH is 1. The summed E-state index contributed by atoms with van der Waals surface area (Å²) in [5, 5.41) is 19.3. The van der Waals surface area contributed by atoms with Crippen LogP contribution in [0.4, 0.5) is 0 Å². The molecule has 0 aromatic carbocycles. The molecule has 0 spiro atoms. The van der Waals surface area contributed by atoms with Crippen molar-refractivity contribution in [2.24, 2.45) is 5.92 Å². The maximum absolute atomic E-state index is 10.1. The molecular formula is C12H22O4. The fourth-order valence-electron chi connectivity index (χ4n) is 1.95. The number of hydrogen-bond donors (Lipinski definition) is 2. The fraction of sp³-hybridized carbons (Fsp3) is 0.833. The molecule has 1 fully saturated rings. The first-order valence-electron chi connectivity index (χ1n) is 5.56. The van der Waals surface area contributed by atoms with Gasteiger partial charge in [0.15, 0.2) is 5.79 Å². The van der Waals surface area contributed by atoms with Gasteiger partial charge in [0.1, 0.15) is 6.10 Å². The molecule has 94 valence electrons. The molecule has 0 aromatic rings. The maximum atomic E-state index is 10.1. The molecule has 2 N–H and O–H groups in total. The summed E-state index contributed by atoms with van der Waals surface area (Å²) in [4.78, 5) is 0. The quantitative estimate of drug-likeness (QED) is 0.709. The lowest BCUT2D eigenvalue weighted by molar-refractivity contribution is -0.157. The monoisotopic (exact) mass is 230 g/mol. The van der Waals surface area contributed by atoms with E-state index >= 15 is 0 Å². The van der Waals surface area contributed by atoms with E-state index in [1.165, 1.54) is 6.08 Å². The normalized spacial score (nSPS) is 34.4. The Balaban J connectivity index is 2.83. The number of aliphatic hydroxyl groups is 2. The zero-order valence-electron chi connectivity index (χ0n) is 10.4. The van der Waals surface area contributed by atoms with Crippen molar-refractivity contribution >= 4 is 0 Å². The fourth-order valence-corrected chi connectivity index (χ4v) is 1.95. The largest absolute Gasteiger partial charge is 0.394 e. The number of hydrogen-bond acceptors (Lipinski definition) is 4. The van der Waals surface area contributed by atoms with Gasteiger partial charge in [0, 0.05) is 5.92 Å². The number of rotatable bonds is 4. The maximum Gasteiger partial charge on any atom is 0.163 e. The van der Waals surface area contributed by atoms with Crippen LogP contribution < -0.4 is 0 Å². The molecule has 0 aromatic heterocycles. The Bertz CT molecular complexity index is 260. The first-order valence-corrected chi connectivity index (χ1v) is 5.56. The molecule has 0 saturated carbocycles. The van der Waals surface area contributed by atoms with E-state index in [9.17, 15) is 10.2 Å². The van der Waals surface area contributed by atoms with Crippen LogP contribution in [0, 0.1) is 5.92 Å². The topological polar surface area (TPSA) is 58.9 Å². The van der Waals surface area contributed by atoms with E-state index in [0.29, 0.717) is 0 Å². The lowest BCUT2D eigenvalue weighted by Gasteiger charge is -2.32. The predicted molar refractivity (Wildman–Crippen MR) is 60.9 cm³/mol. The van der Waals surface area contributed by atoms with Crippen molar-refractivity contribution in [2.45, 2.75) is 51.3 Å². The molecule has 0 radical (unpaired) electrons. The molecule has 1 rings (SSSR count). The van der Waals surface area contributed by atoms with Crippen molar-refractivity contribution < 1.29 is 19.7 Å². The van der Waals surface area contributed by atoms with Crippen molar-refractivity contribution in [1.29, 1.82) is 0 Å². The van der Waals surface area contributed by atoms with Gasteiger partial charge in [-0.3, -0.25) is 0 Å². The van der Waals surface area contributed by atoms with Crippen LogP contribution in [-0.4, -0.2) is 40.4 Å². The zero-order chi connectivity index (χ0) is 12.6. The van der Waals surface area contributed by atoms with Gasteiger partial charge in [-0.05, 0) is 20.8 Å². The highest BCUT2D eigenvalue weighted by Crippen LogP contribution is 2.36. The summed E-state index contributed by atoms with van der Waals surface area (Å²) in [6, 6.07) is 0. The second-order valence-corrected chi connectivity index (χ2v) is 5.04. The average molecular weight is 230 g/mol. The summed E-state index contributed by atoms with van der Waals surface area (Å²) in [6.45, 7) is 10.6. The molecule has 16 heavy (non-hydrogen) atoms. The van der Waals surface area contributed by atoms with Gasteiger partial charge in [-0.25, -0.2) is 0 Å². The third-order valence-corrected chi connectivity index (χ3v) is 3.23. The zero-order valence-corrected chi connectivity index (χ0v) is 10.4. The van der Waals surface area contributed by atoms with Crippen LogP contribution in [0.3, 0.4) is 0 Å². The molecule has 0 aliphatic carbocycles. The van der Waals surface area contributed by atoms with Gasteiger partial charge in [-0.15, -0.1) is 6.58 Å². The van der Waals surface area contributed by atoms with E-state index in [4.69, 9.17) is 9.47 Å². The van der Waals surface area contributed by atoms with Crippen molar-refractivity contribution in [2.75, 3.05) is 6.61 Å². The van der Waals surface area contributed by atoms with E-state index in [0.717, 1.165) is 0 Å². The van der Waals surface area contributed by atoms with Crippen molar-refractivity contribution in [1.82, 2.24) is 0 Å². The standard InChI is InChI=1S/C12H22O4/c1-6-12(5,14)8(2)10-9(7-13)15-11(3,4)16-10/h6,8-10,13-14H,1,7H2,2-5H3/t8-,9+,10-,12+/m1/s1. The summed E-state index contributed by atoms with van der Waals surface area (Å²) >= 11 is 0. The van der Waals surface area contributed by atoms with E-state index < -0.39 is 17.5 Å². The van der Waals surface area contributed by atoms with Gasteiger partial charge in [0.05, 0.1) is 18.3 Å². The molecule has 0 amide bonds. The molecule has 0 bridgehead atoms. The SMILES string of the molecule is C=C[C@](C)(O)[C@H](C)[C@H]1OC(C)(C)O[C@H]1CO. The lowest BCUT2D eigenvalue weighted by atomic mass is 9.84. The molecule has 1 saturated heterocycles. The molecular weight excluding hydrogens is 208 g/mol. The van der Waals surface area contributed by atoms with Crippen molar-refractivity contribution in [3.8, 4) is 0 Å².